The molecule has 2 aromatic rings. The van der Waals surface area contributed by atoms with Crippen LogP contribution in [0.4, 0.5) is 11.9 Å². The number of nitrogens with two attached hydrogens (primary N) is 1. The van der Waals surface area contributed by atoms with Crippen LogP contribution in [-0.4, -0.2) is 38.1 Å². The Morgan fingerprint density at radius 3 is 2.72 bits per heavy atom. The van der Waals surface area contributed by atoms with Crippen LogP contribution in [0.3, 0.4) is 0 Å². The summed E-state index contributed by atoms with van der Waals surface area (Å²) in [5, 5.41) is 12.2. The van der Waals surface area contributed by atoms with Crippen molar-refractivity contribution in [1.29, 1.82) is 0 Å². The monoisotopic (exact) mass is 245 g/mol. The van der Waals surface area contributed by atoms with Crippen LogP contribution in [0, 0.1) is 0 Å². The molecule has 0 spiro atoms. The zero-order valence-corrected chi connectivity index (χ0v) is 10.0. The average Bonchev–Trinajstić information content (AvgIpc) is 2.83. The second-order valence-electron chi connectivity index (χ2n) is 4.31. The van der Waals surface area contributed by atoms with Crippen LogP contribution in [0.15, 0.2) is 18.3 Å². The molecule has 0 unspecified atom stereocenters. The summed E-state index contributed by atoms with van der Waals surface area (Å²) in [6.07, 6.45) is 5.25. The molecule has 3 heterocycles. The molecule has 2 N–H and O–H groups in total. The molecule has 94 valence electrons. The van der Waals surface area contributed by atoms with Crippen molar-refractivity contribution in [3.63, 3.8) is 0 Å². The number of nitrogens with zero attached hydrogens (tertiary/aromatic N) is 6. The predicted molar refractivity (Wildman–Crippen MR) is 67.4 cm³/mol. The number of nitrogen functional groups attached to an aromatic ring is 1. The van der Waals surface area contributed by atoms with E-state index in [2.05, 4.69) is 25.2 Å². The molecule has 0 aromatic carbocycles. The Hall–Kier alpha value is -2.18. The number of anilines is 2. The molecular weight excluding hydrogens is 230 g/mol. The van der Waals surface area contributed by atoms with E-state index in [4.69, 9.17) is 5.73 Å². The van der Waals surface area contributed by atoms with Crippen molar-refractivity contribution in [1.82, 2.24) is 25.0 Å². The molecule has 3 rings (SSSR count). The lowest BCUT2D eigenvalue weighted by Gasteiger charge is -2.24. The number of aromatic nitrogens is 5. The van der Waals surface area contributed by atoms with E-state index in [1.807, 2.05) is 0 Å². The number of rotatable bonds is 2. The minimum Gasteiger partial charge on any atom is -0.368 e. The molecular formula is C11H15N7. The van der Waals surface area contributed by atoms with Crippen LogP contribution in [0.25, 0.3) is 5.82 Å². The minimum absolute atomic E-state index is 0.344. The highest BCUT2D eigenvalue weighted by atomic mass is 15.5. The summed E-state index contributed by atoms with van der Waals surface area (Å²) in [4.78, 5) is 6.46. The third-order valence-corrected chi connectivity index (χ3v) is 3.04. The van der Waals surface area contributed by atoms with Crippen molar-refractivity contribution in [3.05, 3.63) is 18.3 Å². The van der Waals surface area contributed by atoms with E-state index < -0.39 is 0 Å². The minimum atomic E-state index is 0.344. The van der Waals surface area contributed by atoms with E-state index in [9.17, 15) is 0 Å². The summed E-state index contributed by atoms with van der Waals surface area (Å²) >= 11 is 0. The normalized spacial score (nSPS) is 15.9. The van der Waals surface area contributed by atoms with Gasteiger partial charge >= 0.3 is 0 Å². The van der Waals surface area contributed by atoms with Crippen LogP contribution in [0.5, 0.6) is 0 Å². The van der Waals surface area contributed by atoms with Crippen molar-refractivity contribution in [3.8, 4) is 5.82 Å². The summed E-state index contributed by atoms with van der Waals surface area (Å²) in [7, 11) is 0. The molecule has 7 nitrogen and oxygen atoms in total. The first-order valence-corrected chi connectivity index (χ1v) is 6.10. The van der Waals surface area contributed by atoms with Crippen LogP contribution in [0.2, 0.25) is 0 Å². The van der Waals surface area contributed by atoms with Gasteiger partial charge in [-0.05, 0) is 31.4 Å². The van der Waals surface area contributed by atoms with Crippen molar-refractivity contribution >= 4 is 11.9 Å². The Kier molecular flexibility index (Phi) is 2.79. The Bertz CT molecular complexity index is 515. The van der Waals surface area contributed by atoms with Crippen molar-refractivity contribution in [2.45, 2.75) is 19.3 Å². The maximum atomic E-state index is 5.87. The standard InChI is InChI=1S/C11H15N7/c12-10-14-11(17-7-2-1-3-8-17)16-18(10)9-5-4-6-13-15-9/h4-6H,1-3,7-8H2,(H2,12,14,16). The summed E-state index contributed by atoms with van der Waals surface area (Å²) in [6, 6.07) is 3.60. The molecule has 0 radical (unpaired) electrons. The van der Waals surface area contributed by atoms with Crippen molar-refractivity contribution in [2.24, 2.45) is 0 Å². The van der Waals surface area contributed by atoms with Crippen molar-refractivity contribution in [2.75, 3.05) is 23.7 Å². The second kappa shape index (κ2) is 4.59. The zero-order valence-electron chi connectivity index (χ0n) is 10.0. The molecule has 1 saturated heterocycles. The largest absolute Gasteiger partial charge is 0.368 e. The molecule has 0 amide bonds. The smallest absolute Gasteiger partial charge is 0.247 e. The molecule has 0 bridgehead atoms. The van der Waals surface area contributed by atoms with Gasteiger partial charge in [0.25, 0.3) is 0 Å². The van der Waals surface area contributed by atoms with Crippen LogP contribution < -0.4 is 10.6 Å². The molecule has 1 aliphatic rings. The molecule has 1 aliphatic heterocycles. The molecule has 7 heteroatoms. The van der Waals surface area contributed by atoms with Gasteiger partial charge in [0, 0.05) is 19.3 Å². The van der Waals surface area contributed by atoms with Crippen LogP contribution in [-0.2, 0) is 0 Å². The van der Waals surface area contributed by atoms with Crippen LogP contribution >= 0.6 is 0 Å². The fourth-order valence-corrected chi connectivity index (χ4v) is 2.12. The van der Waals surface area contributed by atoms with Gasteiger partial charge in [-0.2, -0.15) is 14.8 Å². The highest BCUT2D eigenvalue weighted by molar-refractivity contribution is 5.40. The maximum absolute atomic E-state index is 5.87. The summed E-state index contributed by atoms with van der Waals surface area (Å²) in [5.41, 5.74) is 5.87. The fourth-order valence-electron chi connectivity index (χ4n) is 2.12. The Morgan fingerprint density at radius 2 is 2.00 bits per heavy atom. The second-order valence-corrected chi connectivity index (χ2v) is 4.31. The highest BCUT2D eigenvalue weighted by Gasteiger charge is 2.17. The predicted octanol–water partition coefficient (Wildman–Crippen LogP) is 0.630. The highest BCUT2D eigenvalue weighted by Crippen LogP contribution is 2.18. The Morgan fingerprint density at radius 1 is 1.17 bits per heavy atom. The summed E-state index contributed by atoms with van der Waals surface area (Å²) in [5.74, 6) is 1.61. The van der Waals surface area contributed by atoms with Gasteiger partial charge in [0.1, 0.15) is 0 Å². The maximum Gasteiger partial charge on any atom is 0.247 e. The van der Waals surface area contributed by atoms with E-state index in [-0.39, 0.29) is 0 Å². The van der Waals surface area contributed by atoms with E-state index in [0.29, 0.717) is 17.7 Å². The lowest BCUT2D eigenvalue weighted by molar-refractivity contribution is 0.567. The summed E-state index contributed by atoms with van der Waals surface area (Å²) in [6.45, 7) is 1.98. The zero-order chi connectivity index (χ0) is 12.4. The van der Waals surface area contributed by atoms with Gasteiger partial charge in [-0.15, -0.1) is 10.2 Å². The quantitative estimate of drug-likeness (QED) is 0.835. The number of piperidine rings is 1. The van der Waals surface area contributed by atoms with Crippen LogP contribution in [0.1, 0.15) is 19.3 Å². The SMILES string of the molecule is Nc1nc(N2CCCCC2)nn1-c1cccnn1. The molecule has 2 aromatic heterocycles. The van der Waals surface area contributed by atoms with Crippen molar-refractivity contribution < 1.29 is 0 Å². The van der Waals surface area contributed by atoms with Gasteiger partial charge in [0.15, 0.2) is 5.82 Å². The fraction of sp³-hybridized carbons (Fsp3) is 0.455. The first-order valence-electron chi connectivity index (χ1n) is 6.10. The van der Waals surface area contributed by atoms with Gasteiger partial charge < -0.3 is 10.6 Å². The lowest BCUT2D eigenvalue weighted by atomic mass is 10.1. The van der Waals surface area contributed by atoms with E-state index >= 15 is 0 Å². The molecule has 0 saturated carbocycles. The molecule has 0 atom stereocenters. The van der Waals surface area contributed by atoms with Gasteiger partial charge in [-0.3, -0.25) is 0 Å². The number of hydrogen-bond donors (Lipinski definition) is 1. The van der Waals surface area contributed by atoms with E-state index in [1.54, 1.807) is 18.3 Å². The first kappa shape index (κ1) is 10.9. The Balaban J connectivity index is 1.91. The third-order valence-electron chi connectivity index (χ3n) is 3.04. The topological polar surface area (TPSA) is 85.8 Å². The molecule has 18 heavy (non-hydrogen) atoms. The van der Waals surface area contributed by atoms with Gasteiger partial charge in [0.2, 0.25) is 11.9 Å². The number of hydrogen-bond acceptors (Lipinski definition) is 6. The average molecular weight is 245 g/mol. The van der Waals surface area contributed by atoms with Gasteiger partial charge in [-0.25, -0.2) is 0 Å². The van der Waals surface area contributed by atoms with E-state index in [1.165, 1.54) is 23.9 Å². The van der Waals surface area contributed by atoms with Gasteiger partial charge in [0.05, 0.1) is 0 Å². The first-order chi connectivity index (χ1) is 8.84. The third kappa shape index (κ3) is 1.99. The van der Waals surface area contributed by atoms with E-state index in [0.717, 1.165) is 13.1 Å². The van der Waals surface area contributed by atoms with Gasteiger partial charge in [-0.1, -0.05) is 0 Å². The summed E-state index contributed by atoms with van der Waals surface area (Å²) < 4.78 is 1.52. The molecule has 0 aliphatic carbocycles. The lowest BCUT2D eigenvalue weighted by Crippen LogP contribution is -2.30. The molecule has 1 fully saturated rings. The Labute approximate surface area is 105 Å².